The minimum absolute atomic E-state index is 0. The van der Waals surface area contributed by atoms with Gasteiger partial charge in [0.15, 0.2) is 0 Å². The first-order valence-electron chi connectivity index (χ1n) is 10.1. The molecule has 1 fully saturated rings. The number of hydrogen-bond donors (Lipinski definition) is 0. The fourth-order valence-corrected chi connectivity index (χ4v) is 4.43. The van der Waals surface area contributed by atoms with Crippen LogP contribution in [0.1, 0.15) is 44.2 Å². The summed E-state index contributed by atoms with van der Waals surface area (Å²) >= 11 is 0. The van der Waals surface area contributed by atoms with E-state index in [4.69, 9.17) is 4.74 Å². The second kappa shape index (κ2) is 10.3. The Bertz CT molecular complexity index is 617. The Hall–Kier alpha value is -1.35. The van der Waals surface area contributed by atoms with Gasteiger partial charge in [-0.3, -0.25) is 0 Å². The summed E-state index contributed by atoms with van der Waals surface area (Å²) in [5.41, 5.74) is 2.05. The van der Waals surface area contributed by atoms with Crippen molar-refractivity contribution >= 4 is 12.4 Å². The van der Waals surface area contributed by atoms with Crippen molar-refractivity contribution in [2.45, 2.75) is 38.7 Å². The maximum atomic E-state index is 6.34. The summed E-state index contributed by atoms with van der Waals surface area (Å²) in [7, 11) is 1.86. The average Bonchev–Trinajstić information content (AvgIpc) is 2.66. The third-order valence-corrected chi connectivity index (χ3v) is 6.14. The molecule has 2 nitrogen and oxygen atoms in total. The monoisotopic (exact) mass is 387 g/mol. The Kier molecular flexibility index (Phi) is 8.34. The fraction of sp³-hybridized carbons (Fsp3) is 0.500. The first kappa shape index (κ1) is 21.9. The van der Waals surface area contributed by atoms with Crippen LogP contribution in [0.2, 0.25) is 0 Å². The Labute approximate surface area is 171 Å². The van der Waals surface area contributed by atoms with Gasteiger partial charge in [0.25, 0.3) is 0 Å². The van der Waals surface area contributed by atoms with Crippen molar-refractivity contribution in [1.29, 1.82) is 0 Å². The highest BCUT2D eigenvalue weighted by Gasteiger charge is 2.40. The van der Waals surface area contributed by atoms with Gasteiger partial charge < -0.3 is 9.64 Å². The third-order valence-electron chi connectivity index (χ3n) is 6.14. The molecule has 0 radical (unpaired) electrons. The molecular formula is C24H34ClNO. The van der Waals surface area contributed by atoms with E-state index < -0.39 is 5.60 Å². The molecule has 1 saturated carbocycles. The second-order valence-electron chi connectivity index (χ2n) is 7.72. The summed E-state index contributed by atoms with van der Waals surface area (Å²) in [5, 5.41) is 0. The van der Waals surface area contributed by atoms with Gasteiger partial charge in [-0.1, -0.05) is 80.9 Å². The third kappa shape index (κ3) is 4.74. The number of hydrogen-bond acceptors (Lipinski definition) is 2. The molecule has 0 N–H and O–H groups in total. The van der Waals surface area contributed by atoms with Gasteiger partial charge in [-0.15, -0.1) is 12.4 Å². The van der Waals surface area contributed by atoms with E-state index in [0.717, 1.165) is 19.0 Å². The van der Waals surface area contributed by atoms with Crippen LogP contribution in [0.4, 0.5) is 0 Å². The van der Waals surface area contributed by atoms with Gasteiger partial charge in [0.1, 0.15) is 5.60 Å². The standard InChI is InChI=1S/C24H33NO.ClH/c1-4-25(19-21-12-11-13-21)18-20(2)24(26-3,22-14-7-5-8-15-22)23-16-9-6-10-17-23;/h5-10,14-17,20-21H,4,11-13,18-19H2,1-3H3;1H. The fourth-order valence-electron chi connectivity index (χ4n) is 4.43. The van der Waals surface area contributed by atoms with E-state index >= 15 is 0 Å². The highest BCUT2D eigenvalue weighted by atomic mass is 35.5. The largest absolute Gasteiger partial charge is 0.368 e. The molecule has 0 amide bonds. The van der Waals surface area contributed by atoms with Crippen LogP contribution in [0, 0.1) is 11.8 Å². The zero-order valence-corrected chi connectivity index (χ0v) is 17.8. The van der Waals surface area contributed by atoms with Gasteiger partial charge in [-0.25, -0.2) is 0 Å². The number of ether oxygens (including phenoxy) is 1. The van der Waals surface area contributed by atoms with E-state index in [1.807, 2.05) is 7.11 Å². The van der Waals surface area contributed by atoms with Crippen molar-refractivity contribution in [2.24, 2.45) is 11.8 Å². The van der Waals surface area contributed by atoms with Crippen molar-refractivity contribution in [3.8, 4) is 0 Å². The number of halogens is 1. The molecule has 0 spiro atoms. The lowest BCUT2D eigenvalue weighted by atomic mass is 9.76. The minimum atomic E-state index is -0.421. The molecule has 148 valence electrons. The topological polar surface area (TPSA) is 12.5 Å². The molecule has 1 aliphatic carbocycles. The maximum Gasteiger partial charge on any atom is 0.121 e. The summed E-state index contributed by atoms with van der Waals surface area (Å²) in [6, 6.07) is 21.4. The number of benzene rings is 2. The van der Waals surface area contributed by atoms with E-state index in [1.165, 1.54) is 36.9 Å². The molecule has 0 heterocycles. The molecule has 0 aromatic heterocycles. The van der Waals surface area contributed by atoms with Crippen molar-refractivity contribution in [3.05, 3.63) is 71.8 Å². The number of methoxy groups -OCH3 is 1. The summed E-state index contributed by atoms with van der Waals surface area (Å²) in [5.74, 6) is 1.24. The van der Waals surface area contributed by atoms with Crippen LogP contribution in [0.3, 0.4) is 0 Å². The molecule has 27 heavy (non-hydrogen) atoms. The number of nitrogens with zero attached hydrogens (tertiary/aromatic N) is 1. The smallest absolute Gasteiger partial charge is 0.121 e. The summed E-state index contributed by atoms with van der Waals surface area (Å²) in [6.45, 7) is 8.00. The molecule has 1 aliphatic rings. The van der Waals surface area contributed by atoms with E-state index in [0.29, 0.717) is 5.92 Å². The van der Waals surface area contributed by atoms with Crippen molar-refractivity contribution < 1.29 is 4.74 Å². The SMILES string of the molecule is CCN(CC1CCC1)CC(C)C(OC)(c1ccccc1)c1ccccc1.Cl. The molecule has 0 aliphatic heterocycles. The molecule has 1 unspecified atom stereocenters. The Morgan fingerprint density at radius 2 is 1.52 bits per heavy atom. The molecule has 2 aromatic carbocycles. The Balaban J connectivity index is 0.00000261. The molecule has 2 aromatic rings. The predicted molar refractivity (Wildman–Crippen MR) is 117 cm³/mol. The zero-order chi connectivity index (χ0) is 18.4. The van der Waals surface area contributed by atoms with Crippen molar-refractivity contribution in [1.82, 2.24) is 4.90 Å². The van der Waals surface area contributed by atoms with Gasteiger partial charge >= 0.3 is 0 Å². The van der Waals surface area contributed by atoms with Crippen LogP contribution in [0.15, 0.2) is 60.7 Å². The Morgan fingerprint density at radius 1 is 1.00 bits per heavy atom. The highest BCUT2D eigenvalue weighted by molar-refractivity contribution is 5.85. The van der Waals surface area contributed by atoms with Gasteiger partial charge in [0.05, 0.1) is 0 Å². The van der Waals surface area contributed by atoms with Crippen LogP contribution in [-0.4, -0.2) is 31.6 Å². The lowest BCUT2D eigenvalue weighted by Gasteiger charge is -2.42. The Morgan fingerprint density at radius 3 is 1.89 bits per heavy atom. The highest BCUT2D eigenvalue weighted by Crippen LogP contribution is 2.40. The van der Waals surface area contributed by atoms with Crippen LogP contribution in [0.25, 0.3) is 0 Å². The lowest BCUT2D eigenvalue weighted by Crippen LogP contribution is -2.45. The van der Waals surface area contributed by atoms with Gasteiger partial charge in [-0.2, -0.15) is 0 Å². The van der Waals surface area contributed by atoms with Crippen molar-refractivity contribution in [3.63, 3.8) is 0 Å². The summed E-state index contributed by atoms with van der Waals surface area (Å²) < 4.78 is 6.34. The predicted octanol–water partition coefficient (Wildman–Crippen LogP) is 5.76. The van der Waals surface area contributed by atoms with Gasteiger partial charge in [0, 0.05) is 26.1 Å². The maximum absolute atomic E-state index is 6.34. The van der Waals surface area contributed by atoms with Crippen LogP contribution < -0.4 is 0 Å². The average molecular weight is 388 g/mol. The first-order valence-corrected chi connectivity index (χ1v) is 10.1. The zero-order valence-electron chi connectivity index (χ0n) is 16.9. The summed E-state index contributed by atoms with van der Waals surface area (Å²) in [4.78, 5) is 2.62. The minimum Gasteiger partial charge on any atom is -0.368 e. The molecule has 3 heteroatoms. The molecular weight excluding hydrogens is 354 g/mol. The first-order chi connectivity index (χ1) is 12.7. The van der Waals surface area contributed by atoms with Crippen molar-refractivity contribution in [2.75, 3.05) is 26.7 Å². The van der Waals surface area contributed by atoms with E-state index in [1.54, 1.807) is 0 Å². The van der Waals surface area contributed by atoms with E-state index in [-0.39, 0.29) is 12.4 Å². The molecule has 1 atom stereocenters. The van der Waals surface area contributed by atoms with E-state index in [2.05, 4.69) is 79.4 Å². The van der Waals surface area contributed by atoms with E-state index in [9.17, 15) is 0 Å². The quantitative estimate of drug-likeness (QED) is 0.542. The normalized spacial score (nSPS) is 15.9. The van der Waals surface area contributed by atoms with Gasteiger partial charge in [-0.05, 0) is 36.4 Å². The summed E-state index contributed by atoms with van der Waals surface area (Å²) in [6.07, 6.45) is 4.21. The van der Waals surface area contributed by atoms with Gasteiger partial charge in [0.2, 0.25) is 0 Å². The van der Waals surface area contributed by atoms with Crippen LogP contribution in [-0.2, 0) is 10.3 Å². The van der Waals surface area contributed by atoms with Crippen LogP contribution in [0.5, 0.6) is 0 Å². The molecule has 3 rings (SSSR count). The molecule has 0 bridgehead atoms. The van der Waals surface area contributed by atoms with Crippen LogP contribution >= 0.6 is 12.4 Å². The lowest BCUT2D eigenvalue weighted by molar-refractivity contribution is -0.0360. The second-order valence-corrected chi connectivity index (χ2v) is 7.72. The number of rotatable bonds is 9. The molecule has 0 saturated heterocycles.